The highest BCUT2D eigenvalue weighted by molar-refractivity contribution is 5.88. The molecule has 0 amide bonds. The van der Waals surface area contributed by atoms with Crippen molar-refractivity contribution in [3.63, 3.8) is 0 Å². The number of likely N-dealkylation sites (tertiary alicyclic amines) is 1. The van der Waals surface area contributed by atoms with Crippen molar-refractivity contribution in [3.8, 4) is 5.69 Å². The fraction of sp³-hybridized carbons (Fsp3) is 0.471. The number of nitrogens with zero attached hydrogens (tertiary/aromatic N) is 4. The first-order chi connectivity index (χ1) is 11.1. The highest BCUT2D eigenvalue weighted by atomic mass is 16.4. The van der Waals surface area contributed by atoms with Crippen molar-refractivity contribution in [2.45, 2.75) is 38.6 Å². The minimum absolute atomic E-state index is 0.215. The van der Waals surface area contributed by atoms with Crippen LogP contribution in [0, 0.1) is 6.92 Å². The van der Waals surface area contributed by atoms with Crippen LogP contribution in [0.2, 0.25) is 0 Å². The summed E-state index contributed by atoms with van der Waals surface area (Å²) in [6.07, 6.45) is 4.67. The molecule has 2 aromatic rings. The molecule has 0 bridgehead atoms. The van der Waals surface area contributed by atoms with Gasteiger partial charge in [-0.25, -0.2) is 14.5 Å². The summed E-state index contributed by atoms with van der Waals surface area (Å²) >= 11 is 0. The molecule has 6 heteroatoms. The molecule has 122 valence electrons. The highest BCUT2D eigenvalue weighted by Gasteiger charge is 2.25. The summed E-state index contributed by atoms with van der Waals surface area (Å²) in [5.74, 6) is 0.671. The van der Waals surface area contributed by atoms with E-state index in [1.54, 1.807) is 22.9 Å². The van der Waals surface area contributed by atoms with Crippen LogP contribution in [0.15, 0.2) is 24.3 Å². The van der Waals surface area contributed by atoms with Gasteiger partial charge in [0.1, 0.15) is 11.6 Å². The summed E-state index contributed by atoms with van der Waals surface area (Å²) in [6.45, 7) is 2.92. The van der Waals surface area contributed by atoms with Crippen molar-refractivity contribution in [2.75, 3.05) is 13.6 Å². The summed E-state index contributed by atoms with van der Waals surface area (Å²) in [5.41, 5.74) is 1.01. The zero-order valence-corrected chi connectivity index (χ0v) is 13.6. The maximum Gasteiger partial charge on any atom is 0.335 e. The molecule has 1 saturated heterocycles. The summed E-state index contributed by atoms with van der Waals surface area (Å²) in [5, 5.41) is 13.7. The van der Waals surface area contributed by atoms with Crippen LogP contribution in [-0.2, 0) is 0 Å². The van der Waals surface area contributed by atoms with Gasteiger partial charge in [0.15, 0.2) is 0 Å². The maximum absolute atomic E-state index is 11.2. The van der Waals surface area contributed by atoms with Gasteiger partial charge in [-0.05, 0) is 51.6 Å². The van der Waals surface area contributed by atoms with Crippen LogP contribution in [0.1, 0.15) is 53.7 Å². The van der Waals surface area contributed by atoms with Crippen LogP contribution in [0.4, 0.5) is 0 Å². The van der Waals surface area contributed by atoms with E-state index in [0.29, 0.717) is 5.82 Å². The summed E-state index contributed by atoms with van der Waals surface area (Å²) in [7, 11) is 2.12. The predicted molar refractivity (Wildman–Crippen MR) is 86.9 cm³/mol. The number of aromatic carboxylic acids is 1. The lowest BCUT2D eigenvalue weighted by Crippen LogP contribution is -2.26. The normalized spacial score (nSPS) is 19.5. The Kier molecular flexibility index (Phi) is 4.43. The summed E-state index contributed by atoms with van der Waals surface area (Å²) in [4.78, 5) is 18.2. The molecule has 1 atom stereocenters. The highest BCUT2D eigenvalue weighted by Crippen LogP contribution is 2.29. The van der Waals surface area contributed by atoms with Gasteiger partial charge < -0.3 is 5.11 Å². The number of hydrogen-bond donors (Lipinski definition) is 1. The van der Waals surface area contributed by atoms with Gasteiger partial charge >= 0.3 is 5.97 Å². The number of rotatable bonds is 3. The smallest absolute Gasteiger partial charge is 0.335 e. The van der Waals surface area contributed by atoms with Crippen LogP contribution in [0.3, 0.4) is 0 Å². The van der Waals surface area contributed by atoms with Gasteiger partial charge in [0.2, 0.25) is 0 Å². The standard InChI is InChI=1S/C17H22N4O2/c1-12-18-16(15-9-4-3-5-10-20(15)2)21(19-12)14-8-6-7-13(11-14)17(22)23/h6-8,11,15H,3-5,9-10H2,1-2H3,(H,22,23)/t15-/m0/s1. The van der Waals surface area contributed by atoms with Crippen molar-refractivity contribution in [2.24, 2.45) is 0 Å². The van der Waals surface area contributed by atoms with Crippen molar-refractivity contribution in [3.05, 3.63) is 41.5 Å². The number of benzene rings is 1. The van der Waals surface area contributed by atoms with Gasteiger partial charge in [-0.2, -0.15) is 5.10 Å². The Balaban J connectivity index is 2.03. The minimum atomic E-state index is -0.933. The van der Waals surface area contributed by atoms with Crippen LogP contribution in [0.25, 0.3) is 5.69 Å². The molecule has 1 N–H and O–H groups in total. The number of carbonyl (C=O) groups is 1. The van der Waals surface area contributed by atoms with E-state index in [9.17, 15) is 9.90 Å². The molecular formula is C17H22N4O2. The lowest BCUT2D eigenvalue weighted by Gasteiger charge is -2.25. The van der Waals surface area contributed by atoms with E-state index in [1.807, 2.05) is 13.0 Å². The van der Waals surface area contributed by atoms with Crippen LogP contribution >= 0.6 is 0 Å². The monoisotopic (exact) mass is 314 g/mol. The first kappa shape index (κ1) is 15.7. The molecule has 1 fully saturated rings. The molecule has 0 radical (unpaired) electrons. The topological polar surface area (TPSA) is 71.2 Å². The Morgan fingerprint density at radius 3 is 2.91 bits per heavy atom. The fourth-order valence-electron chi connectivity index (χ4n) is 3.19. The van der Waals surface area contributed by atoms with E-state index in [4.69, 9.17) is 0 Å². The van der Waals surface area contributed by atoms with Gasteiger partial charge in [-0.1, -0.05) is 18.9 Å². The van der Waals surface area contributed by atoms with E-state index in [2.05, 4.69) is 22.0 Å². The summed E-state index contributed by atoms with van der Waals surface area (Å²) < 4.78 is 1.80. The van der Waals surface area contributed by atoms with Gasteiger partial charge in [-0.15, -0.1) is 0 Å². The number of carboxylic acid groups (broad SMARTS) is 1. The van der Waals surface area contributed by atoms with Crippen LogP contribution in [0.5, 0.6) is 0 Å². The predicted octanol–water partition coefficient (Wildman–Crippen LogP) is 2.82. The molecule has 0 aliphatic carbocycles. The number of aromatic nitrogens is 3. The van der Waals surface area contributed by atoms with Gasteiger partial charge in [0.25, 0.3) is 0 Å². The van der Waals surface area contributed by atoms with Crippen molar-refractivity contribution >= 4 is 5.97 Å². The third-order valence-electron chi connectivity index (χ3n) is 4.39. The van der Waals surface area contributed by atoms with E-state index >= 15 is 0 Å². The lowest BCUT2D eigenvalue weighted by atomic mass is 10.1. The van der Waals surface area contributed by atoms with Gasteiger partial charge in [0.05, 0.1) is 17.3 Å². The molecule has 2 heterocycles. The molecule has 1 aromatic carbocycles. The molecular weight excluding hydrogens is 292 g/mol. The Morgan fingerprint density at radius 1 is 1.30 bits per heavy atom. The molecule has 1 aliphatic heterocycles. The van der Waals surface area contributed by atoms with Crippen molar-refractivity contribution in [1.82, 2.24) is 19.7 Å². The van der Waals surface area contributed by atoms with E-state index in [0.717, 1.165) is 24.5 Å². The Bertz CT molecular complexity index is 710. The minimum Gasteiger partial charge on any atom is -0.478 e. The number of carboxylic acids is 1. The zero-order chi connectivity index (χ0) is 16.4. The lowest BCUT2D eigenvalue weighted by molar-refractivity contribution is 0.0697. The van der Waals surface area contributed by atoms with E-state index in [-0.39, 0.29) is 11.6 Å². The third-order valence-corrected chi connectivity index (χ3v) is 4.39. The van der Waals surface area contributed by atoms with Crippen LogP contribution < -0.4 is 0 Å². The second-order valence-electron chi connectivity index (χ2n) is 6.13. The Labute approximate surface area is 135 Å². The summed E-state index contributed by atoms with van der Waals surface area (Å²) in [6, 6.07) is 7.08. The Hall–Kier alpha value is -2.21. The fourth-order valence-corrected chi connectivity index (χ4v) is 3.19. The molecule has 3 rings (SSSR count). The molecule has 6 nitrogen and oxygen atoms in total. The largest absolute Gasteiger partial charge is 0.478 e. The quantitative estimate of drug-likeness (QED) is 0.943. The third kappa shape index (κ3) is 3.27. The SMILES string of the molecule is Cc1nc([C@@H]2CCCCCN2C)n(-c2cccc(C(=O)O)c2)n1. The molecule has 1 aromatic heterocycles. The average molecular weight is 314 g/mol. The first-order valence-corrected chi connectivity index (χ1v) is 8.04. The van der Waals surface area contributed by atoms with Crippen LogP contribution in [-0.4, -0.2) is 44.3 Å². The first-order valence-electron chi connectivity index (χ1n) is 8.04. The maximum atomic E-state index is 11.2. The Morgan fingerprint density at radius 2 is 2.13 bits per heavy atom. The van der Waals surface area contributed by atoms with Crippen molar-refractivity contribution < 1.29 is 9.90 Å². The molecule has 1 aliphatic rings. The molecule has 0 spiro atoms. The number of hydrogen-bond acceptors (Lipinski definition) is 4. The van der Waals surface area contributed by atoms with Gasteiger partial charge in [-0.3, -0.25) is 4.90 Å². The number of aryl methyl sites for hydroxylation is 1. The molecule has 0 unspecified atom stereocenters. The second kappa shape index (κ2) is 6.50. The molecule has 0 saturated carbocycles. The molecule has 23 heavy (non-hydrogen) atoms. The zero-order valence-electron chi connectivity index (χ0n) is 13.6. The van der Waals surface area contributed by atoms with E-state index in [1.165, 1.54) is 19.3 Å². The van der Waals surface area contributed by atoms with Crippen molar-refractivity contribution in [1.29, 1.82) is 0 Å². The average Bonchev–Trinajstić information content (AvgIpc) is 2.79. The van der Waals surface area contributed by atoms with Gasteiger partial charge in [0, 0.05) is 0 Å². The van der Waals surface area contributed by atoms with E-state index < -0.39 is 5.97 Å². The second-order valence-corrected chi connectivity index (χ2v) is 6.13.